The van der Waals surface area contributed by atoms with Gasteiger partial charge >= 0.3 is 0 Å². The van der Waals surface area contributed by atoms with Crippen molar-refractivity contribution in [2.24, 2.45) is 7.05 Å². The van der Waals surface area contributed by atoms with Crippen LogP contribution in [0.4, 0.5) is 11.5 Å². The molecule has 0 saturated heterocycles. The summed E-state index contributed by atoms with van der Waals surface area (Å²) in [4.78, 5) is 4.53. The minimum atomic E-state index is 0.839. The third-order valence-electron chi connectivity index (χ3n) is 4.14. The van der Waals surface area contributed by atoms with E-state index in [1.54, 1.807) is 18.4 Å². The van der Waals surface area contributed by atoms with Gasteiger partial charge in [-0.3, -0.25) is 0 Å². The number of anilines is 2. The Hall–Kier alpha value is -2.79. The quantitative estimate of drug-likeness (QED) is 0.567. The standard InChI is InChI=1S/C19H17N3OS/c1-22-17-7-9-20-19(21-14-3-5-15(23-2)6-4-14)16(17)11-18(22)13-8-10-24-12-13/h3-12H,1-2H3,(H,20,21). The summed E-state index contributed by atoms with van der Waals surface area (Å²) < 4.78 is 7.41. The van der Waals surface area contributed by atoms with E-state index in [0.29, 0.717) is 0 Å². The zero-order valence-electron chi connectivity index (χ0n) is 13.5. The Labute approximate surface area is 144 Å². The van der Waals surface area contributed by atoms with E-state index >= 15 is 0 Å². The van der Waals surface area contributed by atoms with E-state index in [1.165, 1.54) is 11.3 Å². The van der Waals surface area contributed by atoms with E-state index in [4.69, 9.17) is 4.74 Å². The van der Waals surface area contributed by atoms with Crippen LogP contribution in [0.25, 0.3) is 22.2 Å². The minimum absolute atomic E-state index is 0.839. The largest absolute Gasteiger partial charge is 0.497 e. The molecule has 1 aromatic carbocycles. The van der Waals surface area contributed by atoms with Crippen LogP contribution in [0.1, 0.15) is 0 Å². The number of rotatable bonds is 4. The van der Waals surface area contributed by atoms with Gasteiger partial charge in [0.1, 0.15) is 11.6 Å². The van der Waals surface area contributed by atoms with Crippen LogP contribution >= 0.6 is 11.3 Å². The molecule has 0 amide bonds. The summed E-state index contributed by atoms with van der Waals surface area (Å²) in [5.74, 6) is 1.70. The topological polar surface area (TPSA) is 39.1 Å². The van der Waals surface area contributed by atoms with Gasteiger partial charge in [0.15, 0.2) is 0 Å². The summed E-state index contributed by atoms with van der Waals surface area (Å²) in [5, 5.41) is 8.78. The van der Waals surface area contributed by atoms with Crippen LogP contribution in [0, 0.1) is 0 Å². The lowest BCUT2D eigenvalue weighted by atomic mass is 10.2. The molecule has 3 heterocycles. The smallest absolute Gasteiger partial charge is 0.139 e. The highest BCUT2D eigenvalue weighted by Crippen LogP contribution is 2.32. The highest BCUT2D eigenvalue weighted by Gasteiger charge is 2.12. The zero-order chi connectivity index (χ0) is 16.5. The number of hydrogen-bond donors (Lipinski definition) is 1. The molecule has 1 N–H and O–H groups in total. The summed E-state index contributed by atoms with van der Waals surface area (Å²) >= 11 is 1.71. The molecule has 0 aliphatic carbocycles. The van der Waals surface area contributed by atoms with Gasteiger partial charge in [0.05, 0.1) is 12.6 Å². The molecular formula is C19H17N3OS. The number of aryl methyl sites for hydroxylation is 1. The number of nitrogens with one attached hydrogen (secondary N) is 1. The number of nitrogens with zero attached hydrogens (tertiary/aromatic N) is 2. The molecule has 0 unspecified atom stereocenters. The fourth-order valence-corrected chi connectivity index (χ4v) is 3.51. The Morgan fingerprint density at radius 1 is 1.12 bits per heavy atom. The van der Waals surface area contributed by atoms with Gasteiger partial charge in [0, 0.05) is 41.0 Å². The molecule has 4 rings (SSSR count). The summed E-state index contributed by atoms with van der Waals surface area (Å²) in [5.41, 5.74) is 4.56. The van der Waals surface area contributed by atoms with Crippen LogP contribution in [-0.4, -0.2) is 16.7 Å². The van der Waals surface area contributed by atoms with Gasteiger partial charge in [-0.2, -0.15) is 11.3 Å². The lowest BCUT2D eigenvalue weighted by molar-refractivity contribution is 0.415. The molecule has 0 saturated carbocycles. The van der Waals surface area contributed by atoms with Gasteiger partial charge in [-0.15, -0.1) is 0 Å². The number of thiophene rings is 1. The molecule has 4 nitrogen and oxygen atoms in total. The summed E-state index contributed by atoms with van der Waals surface area (Å²) in [6, 6.07) is 14.2. The first-order valence-electron chi connectivity index (χ1n) is 7.64. The van der Waals surface area contributed by atoms with Crippen LogP contribution in [0.15, 0.2) is 59.4 Å². The van der Waals surface area contributed by atoms with Crippen molar-refractivity contribution >= 4 is 33.7 Å². The number of benzene rings is 1. The highest BCUT2D eigenvalue weighted by atomic mass is 32.1. The third kappa shape index (κ3) is 2.53. The Bertz CT molecular complexity index is 972. The van der Waals surface area contributed by atoms with Crippen LogP contribution in [-0.2, 0) is 7.05 Å². The molecular weight excluding hydrogens is 318 g/mol. The predicted octanol–water partition coefficient (Wildman–Crippen LogP) is 5.05. The van der Waals surface area contributed by atoms with Gasteiger partial charge in [-0.1, -0.05) is 0 Å². The zero-order valence-corrected chi connectivity index (χ0v) is 14.3. The lowest BCUT2D eigenvalue weighted by Crippen LogP contribution is -1.95. The molecule has 0 bridgehead atoms. The van der Waals surface area contributed by atoms with Crippen LogP contribution in [0.5, 0.6) is 5.75 Å². The first kappa shape index (κ1) is 14.8. The fraction of sp³-hybridized carbons (Fsp3) is 0.105. The van der Waals surface area contributed by atoms with Crippen molar-refractivity contribution in [3.8, 4) is 17.0 Å². The van der Waals surface area contributed by atoms with Crippen molar-refractivity contribution in [2.75, 3.05) is 12.4 Å². The maximum Gasteiger partial charge on any atom is 0.139 e. The van der Waals surface area contributed by atoms with Crippen molar-refractivity contribution in [3.05, 3.63) is 59.4 Å². The van der Waals surface area contributed by atoms with E-state index in [2.05, 4.69) is 44.8 Å². The number of hydrogen-bond acceptors (Lipinski definition) is 4. The Kier molecular flexibility index (Phi) is 3.70. The molecule has 5 heteroatoms. The van der Waals surface area contributed by atoms with Crippen LogP contribution < -0.4 is 10.1 Å². The van der Waals surface area contributed by atoms with E-state index < -0.39 is 0 Å². The highest BCUT2D eigenvalue weighted by molar-refractivity contribution is 7.08. The van der Waals surface area contributed by atoms with E-state index in [-0.39, 0.29) is 0 Å². The average Bonchev–Trinajstić information content (AvgIpc) is 3.25. The molecule has 0 radical (unpaired) electrons. The normalized spacial score (nSPS) is 10.9. The molecule has 0 aliphatic rings. The number of aromatic nitrogens is 2. The summed E-state index contributed by atoms with van der Waals surface area (Å²) in [6.07, 6.45) is 1.84. The SMILES string of the molecule is COc1ccc(Nc2nccc3c2cc(-c2ccsc2)n3C)cc1. The Morgan fingerprint density at radius 2 is 1.96 bits per heavy atom. The Balaban J connectivity index is 1.76. The number of methoxy groups -OCH3 is 1. The van der Waals surface area contributed by atoms with Crippen LogP contribution in [0.2, 0.25) is 0 Å². The fourth-order valence-electron chi connectivity index (χ4n) is 2.86. The lowest BCUT2D eigenvalue weighted by Gasteiger charge is -2.08. The average molecular weight is 335 g/mol. The predicted molar refractivity (Wildman–Crippen MR) is 100 cm³/mol. The molecule has 0 aliphatic heterocycles. The van der Waals surface area contributed by atoms with Gasteiger partial charge in [-0.25, -0.2) is 4.98 Å². The van der Waals surface area contributed by atoms with E-state index in [0.717, 1.165) is 28.2 Å². The number of pyridine rings is 1. The summed E-state index contributed by atoms with van der Waals surface area (Å²) in [6.45, 7) is 0. The van der Waals surface area contributed by atoms with Crippen molar-refractivity contribution < 1.29 is 4.74 Å². The summed E-state index contributed by atoms with van der Waals surface area (Å²) in [7, 11) is 3.76. The minimum Gasteiger partial charge on any atom is -0.497 e. The first-order chi connectivity index (χ1) is 11.8. The van der Waals surface area contributed by atoms with Crippen molar-refractivity contribution in [1.29, 1.82) is 0 Å². The number of ether oxygens (including phenoxy) is 1. The van der Waals surface area contributed by atoms with Gasteiger partial charge < -0.3 is 14.6 Å². The van der Waals surface area contributed by atoms with E-state index in [9.17, 15) is 0 Å². The second-order valence-corrected chi connectivity index (χ2v) is 6.33. The number of fused-ring (bicyclic) bond motifs is 1. The second-order valence-electron chi connectivity index (χ2n) is 5.55. The maximum atomic E-state index is 5.20. The molecule has 24 heavy (non-hydrogen) atoms. The van der Waals surface area contributed by atoms with E-state index in [1.807, 2.05) is 36.5 Å². The van der Waals surface area contributed by atoms with Crippen molar-refractivity contribution in [2.45, 2.75) is 0 Å². The maximum absolute atomic E-state index is 5.20. The monoisotopic (exact) mass is 335 g/mol. The molecule has 0 atom stereocenters. The van der Waals surface area contributed by atoms with Crippen molar-refractivity contribution in [3.63, 3.8) is 0 Å². The van der Waals surface area contributed by atoms with Crippen LogP contribution in [0.3, 0.4) is 0 Å². The first-order valence-corrected chi connectivity index (χ1v) is 8.58. The molecule has 3 aromatic heterocycles. The molecule has 120 valence electrons. The molecule has 0 spiro atoms. The van der Waals surface area contributed by atoms with Gasteiger partial charge in [0.2, 0.25) is 0 Å². The van der Waals surface area contributed by atoms with Gasteiger partial charge in [-0.05, 0) is 47.8 Å². The molecule has 4 aromatic rings. The molecule has 0 fully saturated rings. The second kappa shape index (κ2) is 6.02. The van der Waals surface area contributed by atoms with Crippen molar-refractivity contribution in [1.82, 2.24) is 9.55 Å². The van der Waals surface area contributed by atoms with Gasteiger partial charge in [0.25, 0.3) is 0 Å². The third-order valence-corrected chi connectivity index (χ3v) is 4.82. The Morgan fingerprint density at radius 3 is 2.67 bits per heavy atom.